The molecule has 2 atom stereocenters. The highest BCUT2D eigenvalue weighted by molar-refractivity contribution is 6.20. The van der Waals surface area contributed by atoms with E-state index in [0.29, 0.717) is 5.92 Å². The highest BCUT2D eigenvalue weighted by atomic mass is 35.5. The van der Waals surface area contributed by atoms with Crippen LogP contribution in [-0.4, -0.2) is 5.38 Å². The largest absolute Gasteiger partial charge is 0.461 e. The van der Waals surface area contributed by atoms with Crippen molar-refractivity contribution >= 4 is 22.6 Å². The molecule has 0 N–H and O–H groups in total. The van der Waals surface area contributed by atoms with Crippen LogP contribution < -0.4 is 0 Å². The van der Waals surface area contributed by atoms with Crippen molar-refractivity contribution in [3.63, 3.8) is 0 Å². The first kappa shape index (κ1) is 12.0. The molecule has 2 aromatic rings. The average molecular weight is 267 g/mol. The number of alkyl halides is 1. The summed E-state index contributed by atoms with van der Waals surface area (Å²) in [6.45, 7) is 0. The molecule has 0 saturated heterocycles. The van der Waals surface area contributed by atoms with Crippen LogP contribution in [0.5, 0.6) is 0 Å². The van der Waals surface area contributed by atoms with Crippen molar-refractivity contribution in [1.82, 2.24) is 0 Å². The van der Waals surface area contributed by atoms with Gasteiger partial charge in [0.2, 0.25) is 0 Å². The topological polar surface area (TPSA) is 13.1 Å². The molecule has 18 heavy (non-hydrogen) atoms. The number of fused-ring (bicyclic) bond motifs is 1. The van der Waals surface area contributed by atoms with Crippen LogP contribution in [0.3, 0.4) is 0 Å². The second-order valence-electron chi connectivity index (χ2n) is 5.15. The van der Waals surface area contributed by atoms with E-state index in [2.05, 4.69) is 0 Å². The summed E-state index contributed by atoms with van der Waals surface area (Å²) >= 11 is 6.29. The summed E-state index contributed by atoms with van der Waals surface area (Å²) in [5, 5.41) is 1.09. The van der Waals surface area contributed by atoms with Gasteiger partial charge in [0.15, 0.2) is 0 Å². The Morgan fingerprint density at radius 2 is 2.00 bits per heavy atom. The van der Waals surface area contributed by atoms with Gasteiger partial charge in [-0.3, -0.25) is 0 Å². The van der Waals surface area contributed by atoms with Crippen LogP contribution in [0.25, 0.3) is 11.0 Å². The monoisotopic (exact) mass is 266 g/mol. The Balaban J connectivity index is 1.93. The smallest absolute Gasteiger partial charge is 0.134 e. The third-order valence-electron chi connectivity index (χ3n) is 3.76. The summed E-state index contributed by atoms with van der Waals surface area (Å²) in [6, 6.07) is 6.63. The number of furan rings is 1. The van der Waals surface area contributed by atoms with E-state index in [4.69, 9.17) is 16.0 Å². The molecular weight excluding hydrogens is 251 g/mol. The lowest BCUT2D eigenvalue weighted by Crippen LogP contribution is -2.03. The van der Waals surface area contributed by atoms with Crippen LogP contribution in [0.15, 0.2) is 28.7 Å². The summed E-state index contributed by atoms with van der Waals surface area (Å²) in [5.74, 6) is 1.12. The number of benzene rings is 1. The zero-order valence-electron chi connectivity index (χ0n) is 10.2. The molecule has 1 heterocycles. The minimum absolute atomic E-state index is 0.217. The van der Waals surface area contributed by atoms with Gasteiger partial charge in [-0.25, -0.2) is 4.39 Å². The Labute approximate surface area is 111 Å². The fraction of sp³-hybridized carbons (Fsp3) is 0.467. The number of rotatable bonds is 1. The van der Waals surface area contributed by atoms with Crippen molar-refractivity contribution in [2.24, 2.45) is 0 Å². The SMILES string of the molecule is Fc1ccc2oc(C3CCCCC(Cl)C3)cc2c1. The lowest BCUT2D eigenvalue weighted by molar-refractivity contribution is 0.457. The Morgan fingerprint density at radius 3 is 2.89 bits per heavy atom. The minimum atomic E-state index is -0.217. The van der Waals surface area contributed by atoms with Crippen molar-refractivity contribution in [3.05, 3.63) is 35.8 Å². The molecule has 0 amide bonds. The molecule has 2 unspecified atom stereocenters. The number of halogens is 2. The van der Waals surface area contributed by atoms with E-state index < -0.39 is 0 Å². The molecule has 0 bridgehead atoms. The molecule has 3 heteroatoms. The molecule has 0 radical (unpaired) electrons. The van der Waals surface area contributed by atoms with Gasteiger partial charge in [-0.1, -0.05) is 12.8 Å². The predicted octanol–water partition coefficient (Wildman–Crippen LogP) is 5.23. The fourth-order valence-corrected chi connectivity index (χ4v) is 3.16. The maximum Gasteiger partial charge on any atom is 0.134 e. The molecule has 1 saturated carbocycles. The van der Waals surface area contributed by atoms with Gasteiger partial charge in [0.25, 0.3) is 0 Å². The van der Waals surface area contributed by atoms with Crippen LogP contribution in [0.4, 0.5) is 4.39 Å². The van der Waals surface area contributed by atoms with Crippen LogP contribution in [0, 0.1) is 5.82 Å². The van der Waals surface area contributed by atoms with E-state index in [-0.39, 0.29) is 11.2 Å². The molecule has 1 nitrogen and oxygen atoms in total. The molecule has 1 aromatic carbocycles. The van der Waals surface area contributed by atoms with Crippen LogP contribution in [-0.2, 0) is 0 Å². The lowest BCUT2D eigenvalue weighted by Gasteiger charge is -2.12. The maximum absolute atomic E-state index is 13.2. The van der Waals surface area contributed by atoms with Crippen molar-refractivity contribution in [2.45, 2.75) is 43.4 Å². The Hall–Kier alpha value is -1.02. The molecule has 0 aliphatic heterocycles. The zero-order valence-corrected chi connectivity index (χ0v) is 10.9. The van der Waals surface area contributed by atoms with Gasteiger partial charge in [-0.15, -0.1) is 11.6 Å². The van der Waals surface area contributed by atoms with Gasteiger partial charge >= 0.3 is 0 Å². The van der Waals surface area contributed by atoms with E-state index in [0.717, 1.165) is 36.0 Å². The van der Waals surface area contributed by atoms with Crippen LogP contribution >= 0.6 is 11.6 Å². The van der Waals surface area contributed by atoms with Crippen molar-refractivity contribution in [3.8, 4) is 0 Å². The van der Waals surface area contributed by atoms with Crippen molar-refractivity contribution in [2.75, 3.05) is 0 Å². The van der Waals surface area contributed by atoms with Crippen molar-refractivity contribution < 1.29 is 8.81 Å². The number of hydrogen-bond acceptors (Lipinski definition) is 1. The summed E-state index contributed by atoms with van der Waals surface area (Å²) in [4.78, 5) is 0. The zero-order chi connectivity index (χ0) is 12.5. The summed E-state index contributed by atoms with van der Waals surface area (Å²) in [7, 11) is 0. The third-order valence-corrected chi connectivity index (χ3v) is 4.16. The average Bonchev–Trinajstić information content (AvgIpc) is 2.63. The standard InChI is InChI=1S/C15H16ClFO/c16-12-4-2-1-3-10(7-12)15-9-11-8-13(17)5-6-14(11)18-15/h5-6,8-10,12H,1-4,7H2. The van der Waals surface area contributed by atoms with Gasteiger partial charge < -0.3 is 4.42 Å². The second kappa shape index (κ2) is 4.93. The maximum atomic E-state index is 13.2. The van der Waals surface area contributed by atoms with E-state index in [1.807, 2.05) is 6.07 Å². The van der Waals surface area contributed by atoms with Gasteiger partial charge in [-0.2, -0.15) is 0 Å². The second-order valence-corrected chi connectivity index (χ2v) is 5.76. The molecule has 1 fully saturated rings. The first-order valence-corrected chi connectivity index (χ1v) is 6.99. The van der Waals surface area contributed by atoms with E-state index in [1.165, 1.54) is 25.0 Å². The molecule has 96 valence electrons. The van der Waals surface area contributed by atoms with Gasteiger partial charge in [0.05, 0.1) is 0 Å². The molecule has 1 aliphatic rings. The van der Waals surface area contributed by atoms with E-state index >= 15 is 0 Å². The molecule has 1 aliphatic carbocycles. The highest BCUT2D eigenvalue weighted by Crippen LogP contribution is 2.36. The Morgan fingerprint density at radius 1 is 1.17 bits per heavy atom. The van der Waals surface area contributed by atoms with Crippen molar-refractivity contribution in [1.29, 1.82) is 0 Å². The van der Waals surface area contributed by atoms with E-state index in [9.17, 15) is 4.39 Å². The third kappa shape index (κ3) is 2.39. The van der Waals surface area contributed by atoms with E-state index in [1.54, 1.807) is 6.07 Å². The first-order valence-electron chi connectivity index (χ1n) is 6.55. The first-order chi connectivity index (χ1) is 8.72. The summed E-state index contributed by atoms with van der Waals surface area (Å²) in [6.07, 6.45) is 5.56. The van der Waals surface area contributed by atoms with Gasteiger partial charge in [0.1, 0.15) is 17.2 Å². The number of hydrogen-bond donors (Lipinski definition) is 0. The Kier molecular flexibility index (Phi) is 3.29. The quantitative estimate of drug-likeness (QED) is 0.509. The van der Waals surface area contributed by atoms with Crippen LogP contribution in [0.1, 0.15) is 43.8 Å². The lowest BCUT2D eigenvalue weighted by atomic mass is 9.97. The van der Waals surface area contributed by atoms with Crippen LogP contribution in [0.2, 0.25) is 0 Å². The summed E-state index contributed by atoms with van der Waals surface area (Å²) < 4.78 is 19.0. The van der Waals surface area contributed by atoms with Gasteiger partial charge in [0, 0.05) is 16.7 Å². The van der Waals surface area contributed by atoms with Gasteiger partial charge in [-0.05, 0) is 43.5 Å². The Bertz CT molecular complexity index is 548. The summed E-state index contributed by atoms with van der Waals surface area (Å²) in [5.41, 5.74) is 0.766. The molecular formula is C15H16ClFO. The molecule has 1 aromatic heterocycles. The molecule has 0 spiro atoms. The highest BCUT2D eigenvalue weighted by Gasteiger charge is 2.22. The minimum Gasteiger partial charge on any atom is -0.461 e. The molecule has 3 rings (SSSR count). The normalized spacial score (nSPS) is 25.2. The predicted molar refractivity (Wildman–Crippen MR) is 71.6 cm³/mol. The fourth-order valence-electron chi connectivity index (χ4n) is 2.80.